The first kappa shape index (κ1) is 39.3. The van der Waals surface area contributed by atoms with Crippen LogP contribution < -0.4 is 27.6 Å². The Bertz CT molecular complexity index is 1470. The molecule has 0 aliphatic heterocycles. The standard InChI is InChI=1S/C38H51BN4O6/c1-26(2)21-30(37(46)42-33(15-9-10-20-40)35(44)24-29-16-18-31(19-17-29)39(48)49)25-36(45)34(23-28-13-7-4-8-14-28)43-38(47)32(41)22-27-11-5-3-6-12-27/h3-8,11-14,16-19,26,30,32-34,48-49H,9-10,15,20-25,40-41H2,1-2H3,(H,42,46)(H,43,47)/t30-,32+,33+,34+/m0/s1. The summed E-state index contributed by atoms with van der Waals surface area (Å²) in [6, 6.07) is 22.6. The van der Waals surface area contributed by atoms with Gasteiger partial charge in [0.05, 0.1) is 18.1 Å². The lowest BCUT2D eigenvalue weighted by molar-refractivity contribution is -0.134. The van der Waals surface area contributed by atoms with Gasteiger partial charge in [-0.15, -0.1) is 0 Å². The number of rotatable bonds is 21. The van der Waals surface area contributed by atoms with Crippen LogP contribution in [-0.4, -0.2) is 65.2 Å². The fraction of sp³-hybridized carbons (Fsp3) is 0.421. The Labute approximate surface area is 290 Å². The summed E-state index contributed by atoms with van der Waals surface area (Å²) in [4.78, 5) is 54.5. The second-order valence-electron chi connectivity index (χ2n) is 13.1. The van der Waals surface area contributed by atoms with Crippen molar-refractivity contribution in [1.29, 1.82) is 0 Å². The Balaban J connectivity index is 1.77. The molecule has 0 aliphatic carbocycles. The molecule has 3 aromatic carbocycles. The van der Waals surface area contributed by atoms with Crippen LogP contribution in [0.15, 0.2) is 84.9 Å². The predicted octanol–water partition coefficient (Wildman–Crippen LogP) is 2.01. The fourth-order valence-corrected chi connectivity index (χ4v) is 5.80. The summed E-state index contributed by atoms with van der Waals surface area (Å²) >= 11 is 0. The van der Waals surface area contributed by atoms with E-state index >= 15 is 0 Å². The van der Waals surface area contributed by atoms with Crippen LogP contribution in [0.1, 0.15) is 62.6 Å². The molecule has 10 nitrogen and oxygen atoms in total. The van der Waals surface area contributed by atoms with Crippen molar-refractivity contribution in [3.63, 3.8) is 0 Å². The summed E-state index contributed by atoms with van der Waals surface area (Å²) in [7, 11) is -1.61. The first-order valence-electron chi connectivity index (χ1n) is 17.1. The lowest BCUT2D eigenvalue weighted by Gasteiger charge is -2.25. The highest BCUT2D eigenvalue weighted by Gasteiger charge is 2.31. The smallest absolute Gasteiger partial charge is 0.423 e. The van der Waals surface area contributed by atoms with E-state index in [1.165, 1.54) is 0 Å². The molecule has 3 rings (SSSR count). The Morgan fingerprint density at radius 2 is 1.29 bits per heavy atom. The molecule has 0 fully saturated rings. The molecule has 49 heavy (non-hydrogen) atoms. The predicted molar refractivity (Wildman–Crippen MR) is 193 cm³/mol. The lowest BCUT2D eigenvalue weighted by atomic mass is 9.80. The minimum Gasteiger partial charge on any atom is -0.423 e. The van der Waals surface area contributed by atoms with Gasteiger partial charge < -0.3 is 32.1 Å². The largest absolute Gasteiger partial charge is 0.488 e. The van der Waals surface area contributed by atoms with Crippen molar-refractivity contribution in [2.75, 3.05) is 6.54 Å². The maximum absolute atomic E-state index is 14.0. The molecule has 0 spiro atoms. The van der Waals surface area contributed by atoms with E-state index in [4.69, 9.17) is 11.5 Å². The monoisotopic (exact) mass is 670 g/mol. The number of nitrogens with one attached hydrogen (secondary N) is 2. The Hall–Kier alpha value is -4.16. The van der Waals surface area contributed by atoms with E-state index in [0.29, 0.717) is 49.7 Å². The molecule has 262 valence electrons. The van der Waals surface area contributed by atoms with E-state index in [2.05, 4.69) is 10.6 Å². The van der Waals surface area contributed by atoms with Gasteiger partial charge in [0.2, 0.25) is 11.8 Å². The molecular weight excluding hydrogens is 619 g/mol. The third-order valence-electron chi connectivity index (χ3n) is 8.51. The lowest BCUT2D eigenvalue weighted by Crippen LogP contribution is -2.51. The average Bonchev–Trinajstić information content (AvgIpc) is 3.08. The van der Waals surface area contributed by atoms with E-state index in [1.54, 1.807) is 24.3 Å². The number of benzene rings is 3. The summed E-state index contributed by atoms with van der Waals surface area (Å²) in [6.45, 7) is 4.38. The first-order valence-corrected chi connectivity index (χ1v) is 17.1. The van der Waals surface area contributed by atoms with Gasteiger partial charge in [-0.05, 0) is 73.1 Å². The molecule has 0 bridgehead atoms. The van der Waals surface area contributed by atoms with Crippen LogP contribution in [0, 0.1) is 11.8 Å². The van der Waals surface area contributed by atoms with Crippen LogP contribution in [0.25, 0.3) is 0 Å². The van der Waals surface area contributed by atoms with Gasteiger partial charge >= 0.3 is 7.12 Å². The number of hydrogen-bond donors (Lipinski definition) is 6. The van der Waals surface area contributed by atoms with E-state index < -0.39 is 43.0 Å². The Kier molecular flexibility index (Phi) is 16.3. The van der Waals surface area contributed by atoms with Gasteiger partial charge in [0.15, 0.2) is 11.6 Å². The number of carbonyl (C=O) groups is 4. The second-order valence-corrected chi connectivity index (χ2v) is 13.1. The van der Waals surface area contributed by atoms with Gasteiger partial charge in [0.25, 0.3) is 0 Å². The molecule has 0 saturated carbocycles. The van der Waals surface area contributed by atoms with E-state index in [1.807, 2.05) is 74.5 Å². The first-order chi connectivity index (χ1) is 23.5. The Morgan fingerprint density at radius 1 is 0.714 bits per heavy atom. The van der Waals surface area contributed by atoms with Crippen LogP contribution in [0.3, 0.4) is 0 Å². The molecule has 0 heterocycles. The van der Waals surface area contributed by atoms with Crippen molar-refractivity contribution < 1.29 is 29.2 Å². The number of nitrogens with two attached hydrogens (primary N) is 2. The molecule has 0 unspecified atom stereocenters. The number of amides is 2. The minimum absolute atomic E-state index is 0.0393. The highest BCUT2D eigenvalue weighted by molar-refractivity contribution is 6.58. The molecule has 0 radical (unpaired) electrons. The maximum atomic E-state index is 14.0. The number of unbranched alkanes of at least 4 members (excludes halogenated alkanes) is 1. The van der Waals surface area contributed by atoms with E-state index in [0.717, 1.165) is 11.1 Å². The van der Waals surface area contributed by atoms with Gasteiger partial charge in [0, 0.05) is 18.8 Å². The number of Topliss-reactive ketones (excluding diaryl/α,β-unsaturated/α-hetero) is 2. The van der Waals surface area contributed by atoms with Crippen molar-refractivity contribution in [3.8, 4) is 0 Å². The topological polar surface area (TPSA) is 185 Å². The Morgan fingerprint density at radius 3 is 1.84 bits per heavy atom. The second kappa shape index (κ2) is 20.4. The number of carbonyl (C=O) groups excluding carboxylic acids is 4. The zero-order valence-electron chi connectivity index (χ0n) is 28.6. The van der Waals surface area contributed by atoms with Crippen LogP contribution in [-0.2, 0) is 38.4 Å². The molecule has 0 aliphatic rings. The highest BCUT2D eigenvalue weighted by Crippen LogP contribution is 2.20. The molecular formula is C38H51BN4O6. The summed E-state index contributed by atoms with van der Waals surface area (Å²) in [5, 5.41) is 24.6. The van der Waals surface area contributed by atoms with Crippen molar-refractivity contribution in [2.45, 2.75) is 83.3 Å². The van der Waals surface area contributed by atoms with Crippen LogP contribution in [0.2, 0.25) is 0 Å². The summed E-state index contributed by atoms with van der Waals surface area (Å²) in [5.74, 6) is -1.97. The molecule has 11 heteroatoms. The van der Waals surface area contributed by atoms with E-state index in [-0.39, 0.29) is 36.7 Å². The summed E-state index contributed by atoms with van der Waals surface area (Å²) in [5.41, 5.74) is 14.7. The van der Waals surface area contributed by atoms with Gasteiger partial charge in [-0.2, -0.15) is 0 Å². The molecule has 4 atom stereocenters. The van der Waals surface area contributed by atoms with Crippen molar-refractivity contribution in [3.05, 3.63) is 102 Å². The van der Waals surface area contributed by atoms with Crippen molar-refractivity contribution in [1.82, 2.24) is 10.6 Å². The van der Waals surface area contributed by atoms with Gasteiger partial charge in [-0.3, -0.25) is 19.2 Å². The average molecular weight is 671 g/mol. The highest BCUT2D eigenvalue weighted by atomic mass is 16.4. The summed E-state index contributed by atoms with van der Waals surface area (Å²) in [6.07, 6.45) is 2.59. The fourth-order valence-electron chi connectivity index (χ4n) is 5.80. The SMILES string of the molecule is CC(C)C[C@@H](CC(=O)[C@@H](Cc1ccccc1)NC(=O)[C@H](N)Cc1ccccc1)C(=O)N[C@H](CCCCN)C(=O)Cc1ccc(B(O)O)cc1. The quantitative estimate of drug-likeness (QED) is 0.0735. The molecule has 0 saturated heterocycles. The molecule has 2 amide bonds. The van der Waals surface area contributed by atoms with Gasteiger partial charge in [-0.25, -0.2) is 0 Å². The third kappa shape index (κ3) is 13.7. The van der Waals surface area contributed by atoms with Gasteiger partial charge in [-0.1, -0.05) is 98.8 Å². The zero-order valence-corrected chi connectivity index (χ0v) is 28.6. The van der Waals surface area contributed by atoms with Crippen LogP contribution in [0.5, 0.6) is 0 Å². The van der Waals surface area contributed by atoms with Crippen molar-refractivity contribution in [2.24, 2.45) is 23.3 Å². The summed E-state index contributed by atoms with van der Waals surface area (Å²) < 4.78 is 0. The van der Waals surface area contributed by atoms with Crippen LogP contribution >= 0.6 is 0 Å². The maximum Gasteiger partial charge on any atom is 0.488 e. The zero-order chi connectivity index (χ0) is 35.8. The number of hydrogen-bond acceptors (Lipinski definition) is 8. The minimum atomic E-state index is -1.61. The third-order valence-corrected chi connectivity index (χ3v) is 8.51. The number of ketones is 2. The molecule has 8 N–H and O–H groups in total. The van der Waals surface area contributed by atoms with Crippen molar-refractivity contribution >= 4 is 36.0 Å². The van der Waals surface area contributed by atoms with Crippen LogP contribution in [0.4, 0.5) is 0 Å². The molecule has 3 aromatic rings. The normalized spacial score (nSPS) is 13.6. The van der Waals surface area contributed by atoms with E-state index in [9.17, 15) is 29.2 Å². The molecule has 0 aromatic heterocycles. The van der Waals surface area contributed by atoms with Gasteiger partial charge in [0.1, 0.15) is 0 Å².